The van der Waals surface area contributed by atoms with E-state index in [2.05, 4.69) is 41.9 Å². The molecule has 0 bridgehead atoms. The van der Waals surface area contributed by atoms with Crippen LogP contribution in [0.2, 0.25) is 18.1 Å². The maximum Gasteiger partial charge on any atom is 0.288 e. The van der Waals surface area contributed by atoms with Gasteiger partial charge in [-0.05, 0) is 50.0 Å². The van der Waals surface area contributed by atoms with Crippen LogP contribution in [-0.4, -0.2) is 35.6 Å². The van der Waals surface area contributed by atoms with Crippen LogP contribution in [0.25, 0.3) is 0 Å². The Morgan fingerprint density at radius 2 is 1.80 bits per heavy atom. The molecule has 1 rings (SSSR count). The van der Waals surface area contributed by atoms with Gasteiger partial charge in [-0.1, -0.05) is 20.8 Å². The molecular weight excluding hydrogens is 416 g/mol. The minimum atomic E-state index is -2.99. The number of hydrogen-bond donors (Lipinski definition) is 0. The smallest absolute Gasteiger partial charge is 0.288 e. The second-order valence-corrected chi connectivity index (χ2v) is 12.4. The zero-order valence-corrected chi connectivity index (χ0v) is 16.3. The number of halogens is 4. The summed E-state index contributed by atoms with van der Waals surface area (Å²) in [7, 11) is -2.19. The van der Waals surface area contributed by atoms with E-state index in [0.29, 0.717) is 0 Å². The van der Waals surface area contributed by atoms with E-state index in [-0.39, 0.29) is 14.5 Å². The fourth-order valence-electron chi connectivity index (χ4n) is 1.16. The number of hydrogen-bond acceptors (Lipinski definition) is 3. The Hall–Kier alpha value is 0.137. The van der Waals surface area contributed by atoms with Gasteiger partial charge >= 0.3 is 0 Å². The second-order valence-electron chi connectivity index (χ2n) is 6.21. The van der Waals surface area contributed by atoms with Gasteiger partial charge in [0.1, 0.15) is 6.54 Å². The van der Waals surface area contributed by atoms with E-state index in [1.165, 1.54) is 0 Å². The van der Waals surface area contributed by atoms with Gasteiger partial charge in [-0.2, -0.15) is 4.98 Å². The van der Waals surface area contributed by atoms with Crippen LogP contribution < -0.4 is 0 Å². The number of rotatable bonds is 5. The van der Waals surface area contributed by atoms with Crippen LogP contribution in [0.1, 0.15) is 20.8 Å². The van der Waals surface area contributed by atoms with Gasteiger partial charge in [0.25, 0.3) is 5.92 Å². The highest BCUT2D eigenvalue weighted by Gasteiger charge is 2.41. The van der Waals surface area contributed by atoms with Gasteiger partial charge in [0.05, 0.1) is 6.61 Å². The van der Waals surface area contributed by atoms with Crippen LogP contribution in [0, 0.1) is 0 Å². The molecule has 0 saturated carbocycles. The summed E-state index contributed by atoms with van der Waals surface area (Å²) in [4.78, 5) is 3.86. The largest absolute Gasteiger partial charge is 0.411 e. The highest BCUT2D eigenvalue weighted by atomic mass is 79.9. The van der Waals surface area contributed by atoms with Gasteiger partial charge < -0.3 is 4.43 Å². The van der Waals surface area contributed by atoms with Crippen molar-refractivity contribution in [2.75, 3.05) is 6.61 Å². The Labute approximate surface area is 135 Å². The van der Waals surface area contributed by atoms with Gasteiger partial charge in [-0.3, -0.25) is 0 Å². The molecule has 0 amide bonds. The average molecular weight is 435 g/mol. The maximum atomic E-state index is 14.0. The van der Waals surface area contributed by atoms with Gasteiger partial charge in [-0.25, -0.2) is 13.5 Å². The highest BCUT2D eigenvalue weighted by Crippen LogP contribution is 2.37. The minimum Gasteiger partial charge on any atom is -0.411 e. The third-order valence-electron chi connectivity index (χ3n) is 3.43. The van der Waals surface area contributed by atoms with E-state index in [4.69, 9.17) is 4.43 Å². The fourth-order valence-corrected chi connectivity index (χ4v) is 3.14. The quantitative estimate of drug-likeness (QED) is 0.642. The van der Waals surface area contributed by atoms with E-state index < -0.39 is 27.4 Å². The second kappa shape index (κ2) is 6.10. The molecule has 0 unspecified atom stereocenters. The van der Waals surface area contributed by atoms with E-state index in [9.17, 15) is 8.78 Å². The summed E-state index contributed by atoms with van der Waals surface area (Å²) in [6.45, 7) is 8.78. The first-order chi connectivity index (χ1) is 8.84. The molecule has 0 saturated heterocycles. The minimum absolute atomic E-state index is 0.0973. The molecule has 0 aliphatic carbocycles. The van der Waals surface area contributed by atoms with Gasteiger partial charge in [-0.15, -0.1) is 5.10 Å². The topological polar surface area (TPSA) is 39.9 Å². The Kier molecular flexibility index (Phi) is 5.54. The van der Waals surface area contributed by atoms with Crippen molar-refractivity contribution in [3.8, 4) is 0 Å². The molecule has 0 N–H and O–H groups in total. The normalized spacial score (nSPS) is 13.8. The predicted molar refractivity (Wildman–Crippen MR) is 83.5 cm³/mol. The summed E-state index contributed by atoms with van der Waals surface area (Å²) < 4.78 is 35.2. The van der Waals surface area contributed by atoms with Crippen molar-refractivity contribution < 1.29 is 13.2 Å². The summed E-state index contributed by atoms with van der Waals surface area (Å²) in [6.07, 6.45) is 0. The van der Waals surface area contributed by atoms with Crippen molar-refractivity contribution in [1.82, 2.24) is 14.8 Å². The molecule has 0 aliphatic rings. The lowest BCUT2D eigenvalue weighted by Gasteiger charge is -2.37. The number of alkyl halides is 2. The average Bonchev–Trinajstić information content (AvgIpc) is 2.52. The van der Waals surface area contributed by atoms with Crippen molar-refractivity contribution in [1.29, 1.82) is 0 Å². The zero-order valence-electron chi connectivity index (χ0n) is 12.2. The first-order valence-electron chi connectivity index (χ1n) is 6.12. The van der Waals surface area contributed by atoms with Crippen LogP contribution in [0.15, 0.2) is 9.47 Å². The fraction of sp³-hybridized carbons (Fsp3) is 0.818. The first kappa shape index (κ1) is 18.2. The highest BCUT2D eigenvalue weighted by molar-refractivity contribution is 9.11. The van der Waals surface area contributed by atoms with Crippen molar-refractivity contribution in [3.63, 3.8) is 0 Å². The Balaban J connectivity index is 2.69. The maximum absolute atomic E-state index is 14.0. The predicted octanol–water partition coefficient (Wildman–Crippen LogP) is 4.46. The molecule has 116 valence electrons. The van der Waals surface area contributed by atoms with Gasteiger partial charge in [0.15, 0.2) is 13.1 Å². The lowest BCUT2D eigenvalue weighted by atomic mass is 10.2. The standard InChI is InChI=1S/C11H19Br2F2N3OSi/c1-10(2,3)20(4,5)19-7-11(14,15)6-18-9(13)16-8(12)17-18/h6-7H2,1-5H3. The van der Waals surface area contributed by atoms with Crippen molar-refractivity contribution in [2.24, 2.45) is 0 Å². The van der Waals surface area contributed by atoms with E-state index >= 15 is 0 Å². The summed E-state index contributed by atoms with van der Waals surface area (Å²) in [5, 5.41) is 3.74. The zero-order chi connectivity index (χ0) is 15.8. The molecule has 0 aliphatic heterocycles. The van der Waals surface area contributed by atoms with Crippen LogP contribution in [0.3, 0.4) is 0 Å². The van der Waals surface area contributed by atoms with Crippen LogP contribution >= 0.6 is 31.9 Å². The molecule has 4 nitrogen and oxygen atoms in total. The number of aromatic nitrogens is 3. The van der Waals surface area contributed by atoms with Crippen molar-refractivity contribution >= 4 is 40.2 Å². The third kappa shape index (κ3) is 4.85. The molecular formula is C11H19Br2F2N3OSi. The molecule has 1 aromatic heterocycles. The first-order valence-corrected chi connectivity index (χ1v) is 10.6. The lowest BCUT2D eigenvalue weighted by molar-refractivity contribution is -0.0614. The van der Waals surface area contributed by atoms with Gasteiger partial charge in [0, 0.05) is 0 Å². The van der Waals surface area contributed by atoms with E-state index in [1.54, 1.807) is 0 Å². The third-order valence-corrected chi connectivity index (χ3v) is 8.83. The molecule has 20 heavy (non-hydrogen) atoms. The van der Waals surface area contributed by atoms with Crippen LogP contribution in [0.5, 0.6) is 0 Å². The Bertz CT molecular complexity index is 475. The molecule has 0 spiro atoms. The molecule has 1 aromatic rings. The summed E-state index contributed by atoms with van der Waals surface area (Å²) >= 11 is 6.13. The summed E-state index contributed by atoms with van der Waals surface area (Å²) in [5.74, 6) is -2.99. The molecule has 1 heterocycles. The summed E-state index contributed by atoms with van der Waals surface area (Å²) in [6, 6.07) is 0. The Morgan fingerprint density at radius 1 is 1.25 bits per heavy atom. The van der Waals surface area contributed by atoms with Crippen molar-refractivity contribution in [3.05, 3.63) is 9.47 Å². The van der Waals surface area contributed by atoms with Crippen LogP contribution in [0.4, 0.5) is 8.78 Å². The number of nitrogens with zero attached hydrogens (tertiary/aromatic N) is 3. The van der Waals surface area contributed by atoms with E-state index in [0.717, 1.165) is 4.68 Å². The van der Waals surface area contributed by atoms with Crippen LogP contribution in [-0.2, 0) is 11.0 Å². The molecule has 9 heteroatoms. The monoisotopic (exact) mass is 433 g/mol. The molecule has 0 atom stereocenters. The van der Waals surface area contributed by atoms with Crippen molar-refractivity contribution in [2.45, 2.75) is 51.4 Å². The Morgan fingerprint density at radius 3 is 2.20 bits per heavy atom. The van der Waals surface area contributed by atoms with Gasteiger partial charge in [0.2, 0.25) is 4.73 Å². The lowest BCUT2D eigenvalue weighted by Crippen LogP contribution is -2.44. The summed E-state index contributed by atoms with van der Waals surface area (Å²) in [5.41, 5.74) is 0. The SMILES string of the molecule is CC(C)(C)[Si](C)(C)OCC(F)(F)Cn1nc(Br)nc1Br. The van der Waals surface area contributed by atoms with E-state index in [1.807, 2.05) is 33.9 Å². The molecule has 0 fully saturated rings. The molecule has 0 radical (unpaired) electrons. The molecule has 0 aromatic carbocycles.